The number of hydrogen-bond acceptors (Lipinski definition) is 4. The summed E-state index contributed by atoms with van der Waals surface area (Å²) in [5.74, 6) is -0.356. The Morgan fingerprint density at radius 3 is 2.53 bits per heavy atom. The molecule has 1 aromatic carbocycles. The molecule has 0 fully saturated rings. The number of benzene rings is 1. The third-order valence-electron chi connectivity index (χ3n) is 2.67. The van der Waals surface area contributed by atoms with E-state index in [0.29, 0.717) is 11.4 Å². The maximum atomic E-state index is 11.6. The van der Waals surface area contributed by atoms with Crippen LogP contribution >= 0.6 is 0 Å². The van der Waals surface area contributed by atoms with Crippen molar-refractivity contribution < 1.29 is 14.3 Å². The first-order valence-electron chi connectivity index (χ1n) is 5.87. The summed E-state index contributed by atoms with van der Waals surface area (Å²) < 4.78 is 5.27. The third-order valence-corrected chi connectivity index (χ3v) is 2.67. The van der Waals surface area contributed by atoms with E-state index in [-0.39, 0.29) is 19.1 Å². The third kappa shape index (κ3) is 4.50. The minimum Gasteiger partial charge on any atom is -0.482 e. The fourth-order valence-corrected chi connectivity index (χ4v) is 1.21. The molecule has 1 rings (SSSR count). The number of amides is 2. The molecule has 0 heterocycles. The normalized spacial score (nSPS) is 10.8. The number of carbonyl (C=O) groups excluding carboxylic acids is 2. The molecule has 0 aliphatic carbocycles. The molecule has 6 heteroatoms. The van der Waals surface area contributed by atoms with Gasteiger partial charge in [-0.25, -0.2) is 0 Å². The molecule has 0 saturated heterocycles. The number of nitrogen functional groups attached to an aromatic ring is 1. The summed E-state index contributed by atoms with van der Waals surface area (Å²) in [7, 11) is 0. The minimum absolute atomic E-state index is 0.162. The number of carbonyl (C=O) groups is 2. The van der Waals surface area contributed by atoms with Crippen molar-refractivity contribution in [1.82, 2.24) is 5.32 Å². The highest BCUT2D eigenvalue weighted by Crippen LogP contribution is 2.19. The van der Waals surface area contributed by atoms with Crippen LogP contribution in [0.1, 0.15) is 13.8 Å². The van der Waals surface area contributed by atoms with E-state index in [1.54, 1.807) is 38.1 Å². The zero-order valence-electron chi connectivity index (χ0n) is 11.1. The van der Waals surface area contributed by atoms with Gasteiger partial charge in [0, 0.05) is 6.54 Å². The Bertz CT molecular complexity index is 472. The first kappa shape index (κ1) is 14.8. The predicted octanol–water partition coefficient (Wildman–Crippen LogP) is 0.275. The minimum atomic E-state index is -0.790. The lowest BCUT2D eigenvalue weighted by molar-refractivity contribution is -0.127. The Labute approximate surface area is 112 Å². The van der Waals surface area contributed by atoms with Gasteiger partial charge in [0.15, 0.2) is 6.61 Å². The second-order valence-corrected chi connectivity index (χ2v) is 4.85. The van der Waals surface area contributed by atoms with Gasteiger partial charge in [0.1, 0.15) is 5.75 Å². The molecule has 0 spiro atoms. The van der Waals surface area contributed by atoms with Crippen LogP contribution in [0.25, 0.3) is 0 Å². The summed E-state index contributed by atoms with van der Waals surface area (Å²) in [5, 5.41) is 2.59. The Kier molecular flexibility index (Phi) is 4.74. The van der Waals surface area contributed by atoms with Gasteiger partial charge in [-0.15, -0.1) is 0 Å². The fourth-order valence-electron chi connectivity index (χ4n) is 1.21. The van der Waals surface area contributed by atoms with Crippen molar-refractivity contribution in [2.24, 2.45) is 11.1 Å². The molecule has 5 N–H and O–H groups in total. The van der Waals surface area contributed by atoms with E-state index >= 15 is 0 Å². The van der Waals surface area contributed by atoms with Gasteiger partial charge in [-0.2, -0.15) is 0 Å². The van der Waals surface area contributed by atoms with Gasteiger partial charge < -0.3 is 21.5 Å². The molecular formula is C13H19N3O3. The molecule has 0 bridgehead atoms. The van der Waals surface area contributed by atoms with Gasteiger partial charge in [-0.1, -0.05) is 12.1 Å². The first-order chi connectivity index (χ1) is 8.83. The van der Waals surface area contributed by atoms with E-state index in [1.165, 1.54) is 0 Å². The number of anilines is 1. The van der Waals surface area contributed by atoms with Gasteiger partial charge in [0.25, 0.3) is 5.91 Å². The molecule has 0 aromatic heterocycles. The average molecular weight is 265 g/mol. The van der Waals surface area contributed by atoms with Crippen LogP contribution in [0.4, 0.5) is 5.69 Å². The summed E-state index contributed by atoms with van der Waals surface area (Å²) in [5.41, 5.74) is 10.6. The lowest BCUT2D eigenvalue weighted by Gasteiger charge is -2.20. The summed E-state index contributed by atoms with van der Waals surface area (Å²) in [6, 6.07) is 6.90. The molecule has 0 saturated carbocycles. The van der Waals surface area contributed by atoms with Crippen LogP contribution in [0.5, 0.6) is 5.75 Å². The molecular weight excluding hydrogens is 246 g/mol. The number of ether oxygens (including phenoxy) is 1. The molecule has 0 unspecified atom stereocenters. The van der Waals surface area contributed by atoms with Gasteiger partial charge in [-0.05, 0) is 26.0 Å². The molecule has 104 valence electrons. The van der Waals surface area contributed by atoms with E-state index in [1.807, 2.05) is 0 Å². The molecule has 2 amide bonds. The lowest BCUT2D eigenvalue weighted by Crippen LogP contribution is -2.43. The highest BCUT2D eigenvalue weighted by molar-refractivity contribution is 5.82. The number of rotatable bonds is 6. The van der Waals surface area contributed by atoms with E-state index in [4.69, 9.17) is 16.2 Å². The quantitative estimate of drug-likeness (QED) is 0.642. The van der Waals surface area contributed by atoms with Crippen molar-refractivity contribution in [1.29, 1.82) is 0 Å². The molecule has 1 aromatic rings. The van der Waals surface area contributed by atoms with Crippen molar-refractivity contribution in [2.75, 3.05) is 18.9 Å². The van der Waals surface area contributed by atoms with Gasteiger partial charge in [0.2, 0.25) is 5.91 Å². The van der Waals surface area contributed by atoms with Crippen molar-refractivity contribution in [3.8, 4) is 5.75 Å². The number of nitrogens with one attached hydrogen (secondary N) is 1. The first-order valence-corrected chi connectivity index (χ1v) is 5.87. The van der Waals surface area contributed by atoms with Crippen LogP contribution < -0.4 is 21.5 Å². The standard InChI is InChI=1S/C13H19N3O3/c1-13(2,12(15)18)8-16-11(17)7-19-10-6-4-3-5-9(10)14/h3-6H,7-8,14H2,1-2H3,(H2,15,18)(H,16,17). The summed E-state index contributed by atoms with van der Waals surface area (Å²) in [6.07, 6.45) is 0. The van der Waals surface area contributed by atoms with Crippen molar-refractivity contribution in [3.63, 3.8) is 0 Å². The zero-order valence-corrected chi connectivity index (χ0v) is 11.1. The molecule has 19 heavy (non-hydrogen) atoms. The predicted molar refractivity (Wildman–Crippen MR) is 72.3 cm³/mol. The topological polar surface area (TPSA) is 107 Å². The fraction of sp³-hybridized carbons (Fsp3) is 0.385. The maximum absolute atomic E-state index is 11.6. The van der Waals surface area contributed by atoms with Gasteiger partial charge in [-0.3, -0.25) is 9.59 Å². The van der Waals surface area contributed by atoms with E-state index < -0.39 is 11.3 Å². The van der Waals surface area contributed by atoms with E-state index in [0.717, 1.165) is 0 Å². The molecule has 0 aliphatic heterocycles. The van der Waals surface area contributed by atoms with E-state index in [2.05, 4.69) is 5.32 Å². The Balaban J connectivity index is 2.41. The van der Waals surface area contributed by atoms with Gasteiger partial charge >= 0.3 is 0 Å². The number of hydrogen-bond donors (Lipinski definition) is 3. The summed E-state index contributed by atoms with van der Waals surface area (Å²) in [4.78, 5) is 22.6. The number of para-hydroxylation sites is 2. The smallest absolute Gasteiger partial charge is 0.257 e. The van der Waals surface area contributed by atoms with Crippen LogP contribution in [-0.4, -0.2) is 25.0 Å². The van der Waals surface area contributed by atoms with E-state index in [9.17, 15) is 9.59 Å². The zero-order chi connectivity index (χ0) is 14.5. The van der Waals surface area contributed by atoms with Crippen LogP contribution in [0.15, 0.2) is 24.3 Å². The second kappa shape index (κ2) is 6.08. The molecule has 6 nitrogen and oxygen atoms in total. The van der Waals surface area contributed by atoms with Crippen molar-refractivity contribution in [2.45, 2.75) is 13.8 Å². The second-order valence-electron chi connectivity index (χ2n) is 4.85. The monoisotopic (exact) mass is 265 g/mol. The van der Waals surface area contributed by atoms with Crippen molar-refractivity contribution in [3.05, 3.63) is 24.3 Å². The van der Waals surface area contributed by atoms with Crippen LogP contribution in [-0.2, 0) is 9.59 Å². The maximum Gasteiger partial charge on any atom is 0.257 e. The highest BCUT2D eigenvalue weighted by atomic mass is 16.5. The number of nitrogens with two attached hydrogens (primary N) is 2. The van der Waals surface area contributed by atoms with Gasteiger partial charge in [0.05, 0.1) is 11.1 Å². The van der Waals surface area contributed by atoms with Crippen LogP contribution in [0.3, 0.4) is 0 Å². The Hall–Kier alpha value is -2.24. The highest BCUT2D eigenvalue weighted by Gasteiger charge is 2.25. The summed E-state index contributed by atoms with van der Waals surface area (Å²) in [6.45, 7) is 3.31. The SMILES string of the molecule is CC(C)(CNC(=O)COc1ccccc1N)C(N)=O. The van der Waals surface area contributed by atoms with Crippen LogP contribution in [0.2, 0.25) is 0 Å². The number of primary amides is 1. The average Bonchev–Trinajstić information content (AvgIpc) is 2.35. The van der Waals surface area contributed by atoms with Crippen LogP contribution in [0, 0.1) is 5.41 Å². The molecule has 0 atom stereocenters. The van der Waals surface area contributed by atoms with Crippen molar-refractivity contribution >= 4 is 17.5 Å². The lowest BCUT2D eigenvalue weighted by atomic mass is 9.93. The Morgan fingerprint density at radius 2 is 1.95 bits per heavy atom. The molecule has 0 radical (unpaired) electrons. The molecule has 0 aliphatic rings. The Morgan fingerprint density at radius 1 is 1.32 bits per heavy atom. The largest absolute Gasteiger partial charge is 0.482 e. The summed E-state index contributed by atoms with van der Waals surface area (Å²) >= 11 is 0.